The van der Waals surface area contributed by atoms with Crippen LogP contribution in [-0.2, 0) is 7.05 Å². The standard InChI is InChI=1S/C7H8N4OS/c1-8-6(12)4-5-7(11(2)10-4)13-3-9-5/h3H,1-2H3,(H,8,12). The Balaban J connectivity index is 2.68. The van der Waals surface area contributed by atoms with Crippen LogP contribution in [0.4, 0.5) is 0 Å². The second kappa shape index (κ2) is 2.81. The summed E-state index contributed by atoms with van der Waals surface area (Å²) in [5, 5.41) is 6.60. The summed E-state index contributed by atoms with van der Waals surface area (Å²) in [6.07, 6.45) is 0. The fourth-order valence-corrected chi connectivity index (χ4v) is 1.86. The van der Waals surface area contributed by atoms with Crippen molar-refractivity contribution in [3.63, 3.8) is 0 Å². The van der Waals surface area contributed by atoms with Crippen molar-refractivity contribution in [2.45, 2.75) is 0 Å². The molecule has 0 unspecified atom stereocenters. The average Bonchev–Trinajstić information content (AvgIpc) is 2.68. The number of nitrogens with zero attached hydrogens (tertiary/aromatic N) is 3. The van der Waals surface area contributed by atoms with E-state index in [1.807, 2.05) is 0 Å². The van der Waals surface area contributed by atoms with E-state index < -0.39 is 0 Å². The van der Waals surface area contributed by atoms with Gasteiger partial charge in [-0.25, -0.2) is 4.98 Å². The van der Waals surface area contributed by atoms with Crippen LogP contribution in [0.3, 0.4) is 0 Å². The van der Waals surface area contributed by atoms with E-state index in [-0.39, 0.29) is 5.91 Å². The first-order valence-electron chi connectivity index (χ1n) is 3.72. The Kier molecular flexibility index (Phi) is 1.77. The van der Waals surface area contributed by atoms with Crippen molar-refractivity contribution < 1.29 is 4.79 Å². The molecule has 0 radical (unpaired) electrons. The smallest absolute Gasteiger partial charge is 0.273 e. The van der Waals surface area contributed by atoms with Crippen LogP contribution in [0.15, 0.2) is 5.51 Å². The van der Waals surface area contributed by atoms with Gasteiger partial charge in [-0.15, -0.1) is 11.3 Å². The SMILES string of the molecule is CNC(=O)c1nn(C)c2scnc12. The van der Waals surface area contributed by atoms with Gasteiger partial charge in [0.1, 0.15) is 10.3 Å². The van der Waals surface area contributed by atoms with Crippen molar-refractivity contribution in [3.8, 4) is 0 Å². The third-order valence-electron chi connectivity index (χ3n) is 1.76. The number of hydrogen-bond acceptors (Lipinski definition) is 4. The van der Waals surface area contributed by atoms with E-state index in [0.29, 0.717) is 11.2 Å². The van der Waals surface area contributed by atoms with E-state index in [4.69, 9.17) is 0 Å². The van der Waals surface area contributed by atoms with Gasteiger partial charge in [-0.3, -0.25) is 9.48 Å². The molecule has 0 aliphatic rings. The average molecular weight is 196 g/mol. The third kappa shape index (κ3) is 1.10. The number of nitrogens with one attached hydrogen (secondary N) is 1. The normalized spacial score (nSPS) is 10.6. The quantitative estimate of drug-likeness (QED) is 0.717. The molecule has 2 aromatic rings. The van der Waals surface area contributed by atoms with Crippen molar-refractivity contribution >= 4 is 27.6 Å². The zero-order valence-corrected chi connectivity index (χ0v) is 8.05. The van der Waals surface area contributed by atoms with E-state index in [9.17, 15) is 4.79 Å². The van der Waals surface area contributed by atoms with Crippen LogP contribution in [0.5, 0.6) is 0 Å². The zero-order valence-electron chi connectivity index (χ0n) is 7.24. The third-order valence-corrected chi connectivity index (χ3v) is 2.65. The first-order valence-corrected chi connectivity index (χ1v) is 4.60. The molecule has 0 atom stereocenters. The van der Waals surface area contributed by atoms with Crippen LogP contribution in [0.1, 0.15) is 10.5 Å². The highest BCUT2D eigenvalue weighted by Gasteiger charge is 2.16. The molecule has 2 aromatic heterocycles. The second-order valence-electron chi connectivity index (χ2n) is 2.56. The molecule has 68 valence electrons. The van der Waals surface area contributed by atoms with Crippen molar-refractivity contribution in [2.24, 2.45) is 7.05 Å². The summed E-state index contributed by atoms with van der Waals surface area (Å²) < 4.78 is 1.66. The van der Waals surface area contributed by atoms with E-state index >= 15 is 0 Å². The predicted octanol–water partition coefficient (Wildman–Crippen LogP) is 0.389. The van der Waals surface area contributed by atoms with Gasteiger partial charge < -0.3 is 5.32 Å². The van der Waals surface area contributed by atoms with Gasteiger partial charge in [0.25, 0.3) is 5.91 Å². The molecule has 0 aliphatic heterocycles. The number of aryl methyl sites for hydroxylation is 1. The van der Waals surface area contributed by atoms with Gasteiger partial charge in [0, 0.05) is 14.1 Å². The Morgan fingerprint density at radius 1 is 1.69 bits per heavy atom. The van der Waals surface area contributed by atoms with E-state index in [0.717, 1.165) is 4.83 Å². The Bertz CT molecular complexity index is 458. The number of amides is 1. The molecule has 0 saturated heterocycles. The number of thiazole rings is 1. The lowest BCUT2D eigenvalue weighted by molar-refractivity contribution is 0.0959. The van der Waals surface area contributed by atoms with Crippen LogP contribution in [-0.4, -0.2) is 27.7 Å². The van der Waals surface area contributed by atoms with Crippen molar-refractivity contribution in [1.29, 1.82) is 0 Å². The molecule has 0 saturated carbocycles. The second-order valence-corrected chi connectivity index (χ2v) is 3.39. The Morgan fingerprint density at radius 3 is 3.15 bits per heavy atom. The van der Waals surface area contributed by atoms with E-state index in [2.05, 4.69) is 15.4 Å². The minimum Gasteiger partial charge on any atom is -0.354 e. The van der Waals surface area contributed by atoms with Crippen LogP contribution >= 0.6 is 11.3 Å². The number of carbonyl (C=O) groups is 1. The molecule has 0 bridgehead atoms. The Labute approximate surface area is 78.4 Å². The van der Waals surface area contributed by atoms with Crippen LogP contribution < -0.4 is 5.32 Å². The van der Waals surface area contributed by atoms with Crippen LogP contribution in [0.2, 0.25) is 0 Å². The fourth-order valence-electron chi connectivity index (χ4n) is 1.15. The number of fused-ring (bicyclic) bond motifs is 1. The van der Waals surface area contributed by atoms with Gasteiger partial charge in [0.2, 0.25) is 0 Å². The predicted molar refractivity (Wildman–Crippen MR) is 49.8 cm³/mol. The van der Waals surface area contributed by atoms with Gasteiger partial charge in [-0.1, -0.05) is 0 Å². The minimum atomic E-state index is -0.198. The number of aromatic nitrogens is 3. The lowest BCUT2D eigenvalue weighted by Crippen LogP contribution is -2.18. The summed E-state index contributed by atoms with van der Waals surface area (Å²) in [6.45, 7) is 0. The molecule has 6 heteroatoms. The monoisotopic (exact) mass is 196 g/mol. The van der Waals surface area contributed by atoms with E-state index in [1.165, 1.54) is 11.3 Å². The molecule has 5 nitrogen and oxygen atoms in total. The molecular weight excluding hydrogens is 188 g/mol. The van der Waals surface area contributed by atoms with Gasteiger partial charge in [-0.2, -0.15) is 5.10 Å². The van der Waals surface area contributed by atoms with Crippen LogP contribution in [0, 0.1) is 0 Å². The molecule has 0 aliphatic carbocycles. The molecule has 0 aromatic carbocycles. The van der Waals surface area contributed by atoms with Crippen molar-refractivity contribution in [3.05, 3.63) is 11.2 Å². The molecule has 2 heterocycles. The summed E-state index contributed by atoms with van der Waals surface area (Å²) in [7, 11) is 3.38. The van der Waals surface area contributed by atoms with Crippen molar-refractivity contribution in [2.75, 3.05) is 7.05 Å². The first kappa shape index (κ1) is 8.18. The summed E-state index contributed by atoms with van der Waals surface area (Å²) in [5.74, 6) is -0.198. The fraction of sp³-hybridized carbons (Fsp3) is 0.286. The maximum Gasteiger partial charge on any atom is 0.273 e. The van der Waals surface area contributed by atoms with Crippen LogP contribution in [0.25, 0.3) is 10.3 Å². The van der Waals surface area contributed by atoms with Gasteiger partial charge in [0.15, 0.2) is 5.69 Å². The van der Waals surface area contributed by atoms with Gasteiger partial charge in [0.05, 0.1) is 5.51 Å². The Morgan fingerprint density at radius 2 is 2.46 bits per heavy atom. The topological polar surface area (TPSA) is 59.8 Å². The van der Waals surface area contributed by atoms with Gasteiger partial charge >= 0.3 is 0 Å². The molecular formula is C7H8N4OS. The number of carbonyl (C=O) groups excluding carboxylic acids is 1. The zero-order chi connectivity index (χ0) is 9.42. The largest absolute Gasteiger partial charge is 0.354 e. The first-order chi connectivity index (χ1) is 6.24. The summed E-state index contributed by atoms with van der Waals surface area (Å²) in [5.41, 5.74) is 2.77. The molecule has 13 heavy (non-hydrogen) atoms. The highest BCUT2D eigenvalue weighted by atomic mass is 32.1. The minimum absolute atomic E-state index is 0.198. The number of hydrogen-bond donors (Lipinski definition) is 1. The maximum atomic E-state index is 11.3. The lowest BCUT2D eigenvalue weighted by atomic mass is 10.4. The number of rotatable bonds is 1. The summed E-state index contributed by atoms with van der Waals surface area (Å²) in [4.78, 5) is 16.3. The highest BCUT2D eigenvalue weighted by Crippen LogP contribution is 2.19. The molecule has 1 amide bonds. The highest BCUT2D eigenvalue weighted by molar-refractivity contribution is 7.16. The molecule has 2 rings (SSSR count). The molecule has 0 fully saturated rings. The lowest BCUT2D eigenvalue weighted by Gasteiger charge is -1.91. The summed E-state index contributed by atoms with van der Waals surface area (Å²) in [6, 6.07) is 0. The van der Waals surface area contributed by atoms with E-state index in [1.54, 1.807) is 24.3 Å². The molecule has 0 spiro atoms. The Hall–Kier alpha value is -1.43. The van der Waals surface area contributed by atoms with Gasteiger partial charge in [-0.05, 0) is 0 Å². The molecule has 1 N–H and O–H groups in total. The maximum absolute atomic E-state index is 11.3. The summed E-state index contributed by atoms with van der Waals surface area (Å²) >= 11 is 1.47. The van der Waals surface area contributed by atoms with Crippen molar-refractivity contribution in [1.82, 2.24) is 20.1 Å².